The molecule has 28 heteroatoms. The Morgan fingerprint density at radius 2 is 0.741 bits per heavy atom. The molecule has 0 radical (unpaired) electrons. The fourth-order valence-electron chi connectivity index (χ4n) is 16.4. The smallest absolute Gasteiger partial charge is 0.389 e. The summed E-state index contributed by atoms with van der Waals surface area (Å²) in [6.45, 7) is 18.4. The first-order valence-corrected chi connectivity index (χ1v) is 55.0. The van der Waals surface area contributed by atoms with E-state index in [4.69, 9.17) is 41.3 Å². The number of hydrogen-bond acceptors (Lipinski definition) is 21. The van der Waals surface area contributed by atoms with Gasteiger partial charge in [-0.05, 0) is 207 Å². The Hall–Kier alpha value is -13.7. The minimum absolute atomic E-state index is 0.0765. The summed E-state index contributed by atoms with van der Waals surface area (Å²) in [5.41, 5.74) is 28.8. The van der Waals surface area contributed by atoms with Gasteiger partial charge in [-0.1, -0.05) is 323 Å². The molecular weight excluding hydrogens is 2040 g/mol. The molecule has 3 aliphatic heterocycles. The molecular formula is C119H121Br2N8O15S3+3. The number of rotatable bonds is 34. The molecule has 13 aromatic carbocycles. The maximum absolute atomic E-state index is 12.3. The number of oxazole rings is 3. The molecule has 0 fully saturated rings. The highest BCUT2D eigenvalue weighted by atomic mass is 79.9. The van der Waals surface area contributed by atoms with Gasteiger partial charge < -0.3 is 37.3 Å². The third kappa shape index (κ3) is 28.2. The lowest BCUT2D eigenvalue weighted by atomic mass is 10.0. The number of fused-ring (bicyclic) bond motifs is 6. The number of anilines is 4. The predicted molar refractivity (Wildman–Crippen MR) is 597 cm³/mol. The zero-order valence-electron chi connectivity index (χ0n) is 84.0. The number of nitrogens with one attached hydrogen (secondary N) is 2. The van der Waals surface area contributed by atoms with E-state index in [-0.39, 0.29) is 11.5 Å². The van der Waals surface area contributed by atoms with Crippen LogP contribution in [0, 0.1) is 11.3 Å². The van der Waals surface area contributed by atoms with Crippen LogP contribution in [0.25, 0.3) is 118 Å². The molecule has 147 heavy (non-hydrogen) atoms. The van der Waals surface area contributed by atoms with Crippen LogP contribution in [0.3, 0.4) is 0 Å². The van der Waals surface area contributed by atoms with E-state index in [1.54, 1.807) is 18.4 Å². The molecule has 0 unspecified atom stereocenters. The number of aryl methyl sites for hydroxylation is 2. The second-order valence-corrected chi connectivity index (χ2v) is 40.5. The van der Waals surface area contributed by atoms with Gasteiger partial charge in [-0.15, -0.1) is 4.33 Å². The summed E-state index contributed by atoms with van der Waals surface area (Å²) < 4.78 is 109. The van der Waals surface area contributed by atoms with Crippen LogP contribution in [0.2, 0.25) is 0 Å². The van der Waals surface area contributed by atoms with E-state index in [1.165, 1.54) is 25.7 Å². The number of ether oxygens (including phenoxy) is 3. The minimum Gasteiger partial charge on any atom is -0.439 e. The summed E-state index contributed by atoms with van der Waals surface area (Å²) in [7, 11) is -3.32. The van der Waals surface area contributed by atoms with Gasteiger partial charge in [0.25, 0.3) is 36.8 Å². The Balaban J connectivity index is 0.000000159. The average Bonchev–Trinajstić information content (AvgIpc) is 1.62. The number of nitrogens with zero attached hydrogens (tertiary/aromatic N) is 6. The summed E-state index contributed by atoms with van der Waals surface area (Å²) >= 11 is 7.70. The second kappa shape index (κ2) is 52.5. The summed E-state index contributed by atoms with van der Waals surface area (Å²) in [6.07, 6.45) is 18.8. The zero-order valence-corrected chi connectivity index (χ0v) is 89.6. The number of halogens is 2. The predicted octanol–water partition coefficient (Wildman–Crippen LogP) is 29.1. The molecule has 0 aliphatic carbocycles. The maximum atomic E-state index is 12.3. The van der Waals surface area contributed by atoms with Gasteiger partial charge in [-0.2, -0.15) is 45.5 Å². The Kier molecular flexibility index (Phi) is 38.4. The first kappa shape index (κ1) is 107. The van der Waals surface area contributed by atoms with Crippen molar-refractivity contribution < 1.29 is 81.2 Å². The van der Waals surface area contributed by atoms with Crippen LogP contribution in [-0.4, -0.2) is 59.8 Å². The molecule has 0 bridgehead atoms. The lowest BCUT2D eigenvalue weighted by molar-refractivity contribution is -0.652. The topological polar surface area (TPSA) is 238 Å². The molecule has 6 heterocycles. The van der Waals surface area contributed by atoms with E-state index in [2.05, 4.69) is 270 Å². The van der Waals surface area contributed by atoms with Gasteiger partial charge in [0, 0.05) is 71.2 Å². The average molecular weight is 2160 g/mol. The highest BCUT2D eigenvalue weighted by molar-refractivity contribution is 9.10. The van der Waals surface area contributed by atoms with Gasteiger partial charge in [0.1, 0.15) is 32.2 Å². The van der Waals surface area contributed by atoms with Crippen LogP contribution in [-0.2, 0) is 52.3 Å². The first-order chi connectivity index (χ1) is 71.6. The molecule has 3 N–H and O–H groups in total. The summed E-state index contributed by atoms with van der Waals surface area (Å²) in [5, 5.41) is 15.1. The molecule has 19 rings (SSSR count). The number of aromatic nitrogens is 3. The fourth-order valence-corrected chi connectivity index (χ4v) is 19.0. The van der Waals surface area contributed by atoms with E-state index in [0.717, 1.165) is 167 Å². The van der Waals surface area contributed by atoms with Crippen LogP contribution >= 0.6 is 43.9 Å². The number of unbranched alkanes of at least 4 members (excludes halogenated alkanes) is 4. The molecule has 0 saturated heterocycles. The van der Waals surface area contributed by atoms with Gasteiger partial charge in [-0.3, -0.25) is 4.90 Å². The highest BCUT2D eigenvalue weighted by Gasteiger charge is 2.34. The largest absolute Gasteiger partial charge is 0.439 e. The van der Waals surface area contributed by atoms with Crippen molar-refractivity contribution in [3.8, 4) is 95.3 Å². The van der Waals surface area contributed by atoms with Crippen molar-refractivity contribution in [2.45, 2.75) is 120 Å². The number of hydrogen-bond donors (Lipinski definition) is 3. The van der Waals surface area contributed by atoms with E-state index < -0.39 is 20.2 Å². The SMILES string of the molecule is CCC(/C=C1\Oc2ccc(-c3ccccc3)cc2N1c1ccccc1)=C\c1oc2ccc(-c3ccccc3)cc2[n+]1C#CSOOO.CCCC.CCCC.CCNOS(=O)(=O)CCCCN1/C(=C/C(=C/c2oc3ccc(-c4ccc(Br)cc4)cc3[n+]2C)CC)Oc2ccc(-c3ccc(Br)cc3)cc21.CCNOS(=O)(=O)CCCCN1C(=Cc2oc3ccc(-c4ccccc4)cc3[n+]2C)Oc2ccc(-c3ccccc3)cc21. The highest BCUT2D eigenvalue weighted by Crippen LogP contribution is 2.48. The van der Waals surface area contributed by atoms with Crippen molar-refractivity contribution in [3.63, 3.8) is 0 Å². The van der Waals surface area contributed by atoms with Crippen molar-refractivity contribution in [1.82, 2.24) is 11.0 Å². The number of hydroxylamine groups is 2. The van der Waals surface area contributed by atoms with Crippen LogP contribution < -0.4 is 53.6 Å². The number of benzene rings is 13. The Bertz CT molecular complexity index is 7640. The molecule has 16 aromatic rings. The summed E-state index contributed by atoms with van der Waals surface area (Å²) in [4.78, 5) is 6.34. The first-order valence-electron chi connectivity index (χ1n) is 49.5. The molecule has 0 amide bonds. The standard InChI is InChI=1S/C39H28N2O5S.C38H38Br2N3O5S.C34H34N3O5S.2C4H10/c1-2-28(24-38-40(22-23-47-46-45-42)34-26-31(18-20-36(34)43-38)29-12-6-3-7-13-29)25-39-41(33-16-10-5-11-17-33)35-27-32(19-21-37(35)44-39)30-14-8-4-9-15-30;1-4-26(22-37-42(3)33-24-29(12-18-35(33)46-37)27-8-14-31(39)15-9-27)23-38-43(20-6-7-21-49(44,45)48-41-5-2)34-25-30(13-19-36(34)47-38)28-10-16-32(40)17-11-28;1-3-35-42-43(38,39)21-11-10-20-37-30-23-28(26-14-8-5-9-15-26)17-19-32(30)41-34(37)24-33-36(2)29-22-27(16-18-31(29)40-33)25-12-6-4-7-13-25;2*1-3-4-2/h3-21,24-27H,2H2,1H3;8-19,22-25,41H,4-7,20-21H2,1-3H3;4-9,12-19,22-24,35H,3,10-11,20-21H2,1-2H3;2*3-4H2,1-2H3/q;2*+1;;/p+1. The van der Waals surface area contributed by atoms with Crippen molar-refractivity contribution >= 4 is 138 Å². The molecule has 3 aromatic heterocycles. The Morgan fingerprint density at radius 3 is 1.18 bits per heavy atom. The van der Waals surface area contributed by atoms with Gasteiger partial charge in [0.2, 0.25) is 40.4 Å². The molecule has 3 aliphatic rings. The van der Waals surface area contributed by atoms with E-state index in [1.807, 2.05) is 213 Å². The monoisotopic (exact) mass is 2160 g/mol. The van der Waals surface area contributed by atoms with Crippen LogP contribution in [0.15, 0.2) is 373 Å². The minimum atomic E-state index is -3.66. The molecule has 0 saturated carbocycles. The van der Waals surface area contributed by atoms with Gasteiger partial charge in [0.05, 0.1) is 46.0 Å². The van der Waals surface area contributed by atoms with Crippen molar-refractivity contribution in [1.29, 1.82) is 0 Å². The number of allylic oxidation sites excluding steroid dienone is 4. The second-order valence-electron chi connectivity index (χ2n) is 34.8. The Morgan fingerprint density at radius 1 is 0.395 bits per heavy atom. The van der Waals surface area contributed by atoms with Crippen molar-refractivity contribution in [3.05, 3.63) is 377 Å². The van der Waals surface area contributed by atoms with Crippen molar-refractivity contribution in [2.24, 2.45) is 14.1 Å². The van der Waals surface area contributed by atoms with E-state index >= 15 is 0 Å². The van der Waals surface area contributed by atoms with Crippen LogP contribution in [0.1, 0.15) is 137 Å². The fraction of sp³-hybridized carbons (Fsp3) is 0.218. The molecule has 0 atom stereocenters. The van der Waals surface area contributed by atoms with Crippen LogP contribution in [0.5, 0.6) is 17.2 Å². The zero-order chi connectivity index (χ0) is 103. The van der Waals surface area contributed by atoms with E-state index in [0.29, 0.717) is 105 Å². The lowest BCUT2D eigenvalue weighted by Crippen LogP contribution is -2.30. The van der Waals surface area contributed by atoms with Gasteiger partial charge in [0.15, 0.2) is 17.2 Å². The summed E-state index contributed by atoms with van der Waals surface area (Å²) in [6, 6.07) is 108. The van der Waals surface area contributed by atoms with Crippen LogP contribution in [0.4, 0.5) is 22.7 Å². The normalized spacial score (nSPS) is 13.4. The lowest BCUT2D eigenvalue weighted by Gasteiger charge is -2.19. The Labute approximate surface area is 882 Å². The molecule has 0 spiro atoms. The van der Waals surface area contributed by atoms with Crippen molar-refractivity contribution in [2.75, 3.05) is 52.4 Å². The molecule has 23 nitrogen and oxygen atoms in total. The third-order valence-electron chi connectivity index (χ3n) is 24.5. The van der Waals surface area contributed by atoms with Gasteiger partial charge >= 0.3 is 17.7 Å². The maximum Gasteiger partial charge on any atom is 0.389 e. The van der Waals surface area contributed by atoms with Gasteiger partial charge in [-0.25, -0.2) is 5.26 Å². The summed E-state index contributed by atoms with van der Waals surface area (Å²) in [5.74, 6) is 5.96. The van der Waals surface area contributed by atoms with E-state index in [9.17, 15) is 16.8 Å². The number of para-hydroxylation sites is 1. The molecule has 756 valence electrons. The quantitative estimate of drug-likeness (QED) is 0.00848. The third-order valence-corrected chi connectivity index (χ3v) is 28.2.